The number of hydrogen-bond donors (Lipinski definition) is 1. The van der Waals surface area contributed by atoms with Gasteiger partial charge in [-0.05, 0) is 47.1 Å². The third-order valence-corrected chi connectivity index (χ3v) is 4.13. The lowest BCUT2D eigenvalue weighted by Gasteiger charge is -2.12. The van der Waals surface area contributed by atoms with E-state index in [4.69, 9.17) is 5.73 Å². The van der Waals surface area contributed by atoms with E-state index in [0.717, 1.165) is 21.9 Å². The maximum Gasteiger partial charge on any atom is 0.137 e. The lowest BCUT2D eigenvalue weighted by molar-refractivity contribution is 0.573. The molecule has 2 N–H and O–H groups in total. The Morgan fingerprint density at radius 2 is 1.94 bits per heavy atom. The molecule has 0 saturated carbocycles. The number of halogens is 3. The van der Waals surface area contributed by atoms with Crippen molar-refractivity contribution in [3.8, 4) is 0 Å². The minimum absolute atomic E-state index is 0.105. The summed E-state index contributed by atoms with van der Waals surface area (Å²) in [6.07, 6.45) is 0. The van der Waals surface area contributed by atoms with Crippen LogP contribution in [-0.2, 0) is 0 Å². The van der Waals surface area contributed by atoms with Gasteiger partial charge in [-0.3, -0.25) is 0 Å². The van der Waals surface area contributed by atoms with Gasteiger partial charge in [-0.25, -0.2) is 8.78 Å². The molecule has 1 heterocycles. The molecule has 1 nitrogen and oxygen atoms in total. The minimum atomic E-state index is -0.628. The van der Waals surface area contributed by atoms with Crippen LogP contribution in [0.5, 0.6) is 0 Å². The van der Waals surface area contributed by atoms with Gasteiger partial charge in [0, 0.05) is 15.3 Å². The summed E-state index contributed by atoms with van der Waals surface area (Å²) in [7, 11) is 0. The Hall–Kier alpha value is -0.780. The Bertz CT molecular complexity index is 553. The normalized spacial score (nSPS) is 12.8. The zero-order valence-electron chi connectivity index (χ0n) is 9.01. The quantitative estimate of drug-likeness (QED) is 0.827. The summed E-state index contributed by atoms with van der Waals surface area (Å²) in [5, 5.41) is 0. The topological polar surface area (TPSA) is 26.0 Å². The largest absolute Gasteiger partial charge is 0.320 e. The summed E-state index contributed by atoms with van der Waals surface area (Å²) in [5.41, 5.74) is 6.11. The molecule has 0 aliphatic heterocycles. The molecule has 1 aromatic carbocycles. The highest BCUT2D eigenvalue weighted by molar-refractivity contribution is 9.10. The van der Waals surface area contributed by atoms with Gasteiger partial charge < -0.3 is 5.73 Å². The highest BCUT2D eigenvalue weighted by atomic mass is 79.9. The molecule has 0 spiro atoms. The third-order valence-electron chi connectivity index (χ3n) is 2.44. The first-order valence-corrected chi connectivity index (χ1v) is 6.56. The average molecular weight is 318 g/mol. The molecule has 17 heavy (non-hydrogen) atoms. The lowest BCUT2D eigenvalue weighted by Crippen LogP contribution is -2.12. The maximum atomic E-state index is 13.7. The van der Waals surface area contributed by atoms with Crippen molar-refractivity contribution in [2.45, 2.75) is 13.0 Å². The Kier molecular flexibility index (Phi) is 3.61. The average Bonchev–Trinajstić information content (AvgIpc) is 2.69. The van der Waals surface area contributed by atoms with Gasteiger partial charge in [-0.1, -0.05) is 0 Å². The molecule has 0 aliphatic rings. The van der Waals surface area contributed by atoms with Crippen LogP contribution in [0, 0.1) is 18.6 Å². The van der Waals surface area contributed by atoms with Crippen LogP contribution in [0.1, 0.15) is 21.4 Å². The second-order valence-electron chi connectivity index (χ2n) is 3.71. The van der Waals surface area contributed by atoms with Gasteiger partial charge >= 0.3 is 0 Å². The van der Waals surface area contributed by atoms with Crippen LogP contribution >= 0.6 is 27.3 Å². The number of benzene rings is 1. The molecule has 90 valence electrons. The monoisotopic (exact) mass is 317 g/mol. The molecular weight excluding hydrogens is 308 g/mol. The first kappa shape index (κ1) is 12.7. The summed E-state index contributed by atoms with van der Waals surface area (Å²) in [6, 6.07) is 5.36. The fraction of sp³-hybridized carbons (Fsp3) is 0.167. The maximum absolute atomic E-state index is 13.7. The van der Waals surface area contributed by atoms with Crippen LogP contribution in [0.3, 0.4) is 0 Å². The van der Waals surface area contributed by atoms with E-state index in [9.17, 15) is 8.78 Å². The zero-order valence-corrected chi connectivity index (χ0v) is 11.4. The van der Waals surface area contributed by atoms with E-state index in [0.29, 0.717) is 0 Å². The van der Waals surface area contributed by atoms with Crippen LogP contribution in [0.15, 0.2) is 28.7 Å². The lowest BCUT2D eigenvalue weighted by atomic mass is 10.1. The fourth-order valence-electron chi connectivity index (χ4n) is 1.55. The molecule has 2 rings (SSSR count). The predicted octanol–water partition coefficient (Wildman–Crippen LogP) is 4.15. The Balaban J connectivity index is 2.43. The number of aryl methyl sites for hydroxylation is 1. The molecule has 0 fully saturated rings. The second-order valence-corrected chi connectivity index (χ2v) is 5.89. The van der Waals surface area contributed by atoms with Crippen LogP contribution < -0.4 is 5.73 Å². The van der Waals surface area contributed by atoms with Gasteiger partial charge in [0.05, 0.1) is 10.5 Å². The predicted molar refractivity (Wildman–Crippen MR) is 69.1 cm³/mol. The summed E-state index contributed by atoms with van der Waals surface area (Å²) in [4.78, 5) is 1.91. The van der Waals surface area contributed by atoms with Crippen molar-refractivity contribution in [3.63, 3.8) is 0 Å². The Labute approximate surface area is 110 Å². The highest BCUT2D eigenvalue weighted by Crippen LogP contribution is 2.30. The van der Waals surface area contributed by atoms with Gasteiger partial charge in [0.2, 0.25) is 0 Å². The van der Waals surface area contributed by atoms with E-state index >= 15 is 0 Å². The summed E-state index contributed by atoms with van der Waals surface area (Å²) in [5.74, 6) is -1.01. The van der Waals surface area contributed by atoms with Crippen LogP contribution in [-0.4, -0.2) is 0 Å². The third kappa shape index (κ3) is 2.56. The number of rotatable bonds is 2. The molecule has 1 aromatic heterocycles. The van der Waals surface area contributed by atoms with Crippen molar-refractivity contribution in [2.24, 2.45) is 5.73 Å². The summed E-state index contributed by atoms with van der Waals surface area (Å²) >= 11 is 4.42. The number of hydrogen-bond acceptors (Lipinski definition) is 2. The van der Waals surface area contributed by atoms with Gasteiger partial charge in [-0.2, -0.15) is 0 Å². The summed E-state index contributed by atoms with van der Waals surface area (Å²) in [6.45, 7) is 1.94. The van der Waals surface area contributed by atoms with E-state index in [1.165, 1.54) is 11.3 Å². The van der Waals surface area contributed by atoms with Crippen molar-refractivity contribution in [1.82, 2.24) is 0 Å². The molecular formula is C12H10BrF2NS. The minimum Gasteiger partial charge on any atom is -0.320 e. The zero-order chi connectivity index (χ0) is 12.6. The molecule has 5 heteroatoms. The SMILES string of the molecule is Cc1ccc(C(N)c2cc(F)c(Br)cc2F)s1. The first-order chi connectivity index (χ1) is 7.99. The molecule has 0 saturated heterocycles. The fourth-order valence-corrected chi connectivity index (χ4v) is 2.76. The van der Waals surface area contributed by atoms with Gasteiger partial charge in [0.25, 0.3) is 0 Å². The molecule has 0 bridgehead atoms. The Morgan fingerprint density at radius 3 is 2.53 bits per heavy atom. The van der Waals surface area contributed by atoms with Crippen LogP contribution in [0.4, 0.5) is 8.78 Å². The highest BCUT2D eigenvalue weighted by Gasteiger charge is 2.17. The van der Waals surface area contributed by atoms with Gasteiger partial charge in [0.1, 0.15) is 11.6 Å². The van der Waals surface area contributed by atoms with Crippen LogP contribution in [0.25, 0.3) is 0 Å². The number of thiophene rings is 1. The van der Waals surface area contributed by atoms with E-state index in [1.54, 1.807) is 0 Å². The Morgan fingerprint density at radius 1 is 1.24 bits per heavy atom. The standard InChI is InChI=1S/C12H10BrF2NS/c1-6-2-3-11(17-6)12(16)7-4-10(15)8(13)5-9(7)14/h2-5,12H,16H2,1H3. The molecule has 1 atom stereocenters. The van der Waals surface area contributed by atoms with Crippen molar-refractivity contribution in [3.05, 3.63) is 55.7 Å². The van der Waals surface area contributed by atoms with E-state index in [-0.39, 0.29) is 10.0 Å². The first-order valence-electron chi connectivity index (χ1n) is 4.95. The second kappa shape index (κ2) is 4.84. The van der Waals surface area contributed by atoms with E-state index in [1.807, 2.05) is 19.1 Å². The molecule has 2 aromatic rings. The van der Waals surface area contributed by atoms with Crippen molar-refractivity contribution >= 4 is 27.3 Å². The van der Waals surface area contributed by atoms with E-state index in [2.05, 4.69) is 15.9 Å². The van der Waals surface area contributed by atoms with E-state index < -0.39 is 17.7 Å². The molecule has 0 aliphatic carbocycles. The number of nitrogens with two attached hydrogens (primary N) is 1. The molecule has 0 amide bonds. The summed E-state index contributed by atoms with van der Waals surface area (Å²) < 4.78 is 27.2. The van der Waals surface area contributed by atoms with Crippen molar-refractivity contribution in [1.29, 1.82) is 0 Å². The van der Waals surface area contributed by atoms with Gasteiger partial charge in [0.15, 0.2) is 0 Å². The smallest absolute Gasteiger partial charge is 0.137 e. The van der Waals surface area contributed by atoms with Crippen LogP contribution in [0.2, 0.25) is 0 Å². The van der Waals surface area contributed by atoms with Gasteiger partial charge in [-0.15, -0.1) is 11.3 Å². The molecule has 1 unspecified atom stereocenters. The molecule has 0 radical (unpaired) electrons. The van der Waals surface area contributed by atoms with Crippen molar-refractivity contribution < 1.29 is 8.78 Å². The van der Waals surface area contributed by atoms with Crippen molar-refractivity contribution in [2.75, 3.05) is 0 Å².